The van der Waals surface area contributed by atoms with Gasteiger partial charge in [-0.1, -0.05) is 29.3 Å². The fourth-order valence-corrected chi connectivity index (χ4v) is 2.28. The van der Waals surface area contributed by atoms with Gasteiger partial charge in [0.05, 0.1) is 29.1 Å². The number of para-hydroxylation sites is 1. The van der Waals surface area contributed by atoms with E-state index in [1.54, 1.807) is 30.3 Å². The summed E-state index contributed by atoms with van der Waals surface area (Å²) in [5, 5.41) is 3.63. The molecule has 2 aromatic carbocycles. The summed E-state index contributed by atoms with van der Waals surface area (Å²) in [5.74, 6) is 0.0592. The predicted octanol–water partition coefficient (Wildman–Crippen LogP) is 4.14. The van der Waals surface area contributed by atoms with Crippen molar-refractivity contribution in [3.05, 3.63) is 51.5 Å². The summed E-state index contributed by atoms with van der Waals surface area (Å²) in [7, 11) is 1.49. The van der Waals surface area contributed by atoms with Gasteiger partial charge in [0.25, 0.3) is 5.91 Å². The van der Waals surface area contributed by atoms with Crippen LogP contribution in [0.25, 0.3) is 0 Å². The topological polar surface area (TPSA) is 64.3 Å². The van der Waals surface area contributed by atoms with E-state index in [1.165, 1.54) is 7.11 Å². The van der Waals surface area contributed by atoms with Crippen LogP contribution in [-0.4, -0.2) is 13.0 Å². The van der Waals surface area contributed by atoms with E-state index in [1.807, 2.05) is 6.92 Å². The van der Waals surface area contributed by atoms with Crippen LogP contribution in [-0.2, 0) is 0 Å². The number of hydrogen-bond acceptors (Lipinski definition) is 3. The molecular weight excluding hydrogens is 311 g/mol. The zero-order chi connectivity index (χ0) is 15.6. The average Bonchev–Trinajstić information content (AvgIpc) is 2.44. The van der Waals surface area contributed by atoms with E-state index in [-0.39, 0.29) is 11.6 Å². The van der Waals surface area contributed by atoms with Crippen molar-refractivity contribution in [3.8, 4) is 5.75 Å². The first-order valence-corrected chi connectivity index (χ1v) is 6.89. The maximum atomic E-state index is 12.3. The third-order valence-electron chi connectivity index (χ3n) is 3.03. The molecule has 4 nitrogen and oxygen atoms in total. The number of benzene rings is 2. The van der Waals surface area contributed by atoms with Crippen molar-refractivity contribution in [2.75, 3.05) is 18.2 Å². The van der Waals surface area contributed by atoms with Gasteiger partial charge in [-0.3, -0.25) is 4.79 Å². The molecule has 0 bridgehead atoms. The zero-order valence-corrected chi connectivity index (χ0v) is 13.0. The maximum Gasteiger partial charge on any atom is 0.257 e. The van der Waals surface area contributed by atoms with Gasteiger partial charge in [-0.05, 0) is 36.8 Å². The van der Waals surface area contributed by atoms with Gasteiger partial charge < -0.3 is 15.8 Å². The Balaban J connectivity index is 2.33. The van der Waals surface area contributed by atoms with Crippen LogP contribution in [0, 0.1) is 6.92 Å². The number of nitrogens with one attached hydrogen (secondary N) is 1. The number of amides is 1. The van der Waals surface area contributed by atoms with Crippen molar-refractivity contribution in [3.63, 3.8) is 0 Å². The van der Waals surface area contributed by atoms with E-state index in [0.717, 1.165) is 5.56 Å². The SMILES string of the molecule is COc1cccc(C(=O)Nc2cc(Cl)c(C)cc2Cl)c1N. The molecule has 1 amide bonds. The van der Waals surface area contributed by atoms with Crippen LogP contribution in [0.5, 0.6) is 5.75 Å². The number of rotatable bonds is 3. The lowest BCUT2D eigenvalue weighted by molar-refractivity contribution is 0.102. The summed E-state index contributed by atoms with van der Waals surface area (Å²) in [6.07, 6.45) is 0. The van der Waals surface area contributed by atoms with Gasteiger partial charge in [0, 0.05) is 5.02 Å². The molecule has 0 aromatic heterocycles. The minimum Gasteiger partial charge on any atom is -0.495 e. The first kappa shape index (κ1) is 15.5. The molecular formula is C15H14Cl2N2O2. The summed E-state index contributed by atoms with van der Waals surface area (Å²) in [6, 6.07) is 8.27. The van der Waals surface area contributed by atoms with Crippen LogP contribution < -0.4 is 15.8 Å². The van der Waals surface area contributed by atoms with Gasteiger partial charge in [-0.2, -0.15) is 0 Å². The monoisotopic (exact) mass is 324 g/mol. The largest absolute Gasteiger partial charge is 0.495 e. The number of halogens is 2. The van der Waals surface area contributed by atoms with E-state index in [2.05, 4.69) is 5.32 Å². The van der Waals surface area contributed by atoms with Crippen LogP contribution in [0.3, 0.4) is 0 Å². The highest BCUT2D eigenvalue weighted by molar-refractivity contribution is 6.36. The Morgan fingerprint density at radius 2 is 1.95 bits per heavy atom. The highest BCUT2D eigenvalue weighted by atomic mass is 35.5. The maximum absolute atomic E-state index is 12.3. The molecule has 3 N–H and O–H groups in total. The minimum absolute atomic E-state index is 0.270. The van der Waals surface area contributed by atoms with Crippen molar-refractivity contribution in [1.29, 1.82) is 0 Å². The summed E-state index contributed by atoms with van der Waals surface area (Å²) < 4.78 is 5.09. The van der Waals surface area contributed by atoms with Gasteiger partial charge in [-0.25, -0.2) is 0 Å². The Morgan fingerprint density at radius 1 is 1.24 bits per heavy atom. The van der Waals surface area contributed by atoms with Crippen LogP contribution in [0.4, 0.5) is 11.4 Å². The number of nitrogens with two attached hydrogens (primary N) is 1. The number of carbonyl (C=O) groups excluding carboxylic acids is 1. The van der Waals surface area contributed by atoms with Gasteiger partial charge >= 0.3 is 0 Å². The van der Waals surface area contributed by atoms with Crippen molar-refractivity contribution in [1.82, 2.24) is 0 Å². The number of hydrogen-bond donors (Lipinski definition) is 2. The number of anilines is 2. The van der Waals surface area contributed by atoms with Gasteiger partial charge in [-0.15, -0.1) is 0 Å². The van der Waals surface area contributed by atoms with Crippen molar-refractivity contribution in [2.24, 2.45) is 0 Å². The molecule has 0 unspecified atom stereocenters. The fourth-order valence-electron chi connectivity index (χ4n) is 1.85. The summed E-state index contributed by atoms with van der Waals surface area (Å²) in [4.78, 5) is 12.3. The van der Waals surface area contributed by atoms with E-state index in [0.29, 0.717) is 27.0 Å². The number of ether oxygens (including phenoxy) is 1. The molecule has 0 heterocycles. The standard InChI is InChI=1S/C15H14Cl2N2O2/c1-8-6-11(17)12(7-10(8)16)19-15(20)9-4-3-5-13(21-2)14(9)18/h3-7H,18H2,1-2H3,(H,19,20). The number of aryl methyl sites for hydroxylation is 1. The van der Waals surface area contributed by atoms with E-state index >= 15 is 0 Å². The number of methoxy groups -OCH3 is 1. The summed E-state index contributed by atoms with van der Waals surface area (Å²) in [6.45, 7) is 1.83. The molecule has 0 spiro atoms. The number of nitrogen functional groups attached to an aromatic ring is 1. The second-order valence-electron chi connectivity index (χ2n) is 4.46. The molecule has 0 radical (unpaired) electrons. The second-order valence-corrected chi connectivity index (χ2v) is 5.27. The molecule has 0 saturated carbocycles. The summed E-state index contributed by atoms with van der Waals surface area (Å²) in [5.41, 5.74) is 7.74. The summed E-state index contributed by atoms with van der Waals surface area (Å²) >= 11 is 12.1. The van der Waals surface area contributed by atoms with Gasteiger partial charge in [0.15, 0.2) is 0 Å². The van der Waals surface area contributed by atoms with Gasteiger partial charge in [0.2, 0.25) is 0 Å². The van der Waals surface area contributed by atoms with Crippen molar-refractivity contribution in [2.45, 2.75) is 6.92 Å². The predicted molar refractivity (Wildman–Crippen MR) is 86.6 cm³/mol. The Labute approximate surface area is 132 Å². The molecule has 0 aliphatic carbocycles. The van der Waals surface area contributed by atoms with E-state index in [4.69, 9.17) is 33.7 Å². The Hall–Kier alpha value is -1.91. The molecule has 0 aliphatic heterocycles. The molecule has 2 rings (SSSR count). The molecule has 6 heteroatoms. The molecule has 110 valence electrons. The van der Waals surface area contributed by atoms with E-state index in [9.17, 15) is 4.79 Å². The fraction of sp³-hybridized carbons (Fsp3) is 0.133. The Kier molecular flexibility index (Phi) is 4.60. The average molecular weight is 325 g/mol. The Bertz CT molecular complexity index is 702. The van der Waals surface area contributed by atoms with Crippen LogP contribution in [0.1, 0.15) is 15.9 Å². The highest BCUT2D eigenvalue weighted by Crippen LogP contribution is 2.30. The Morgan fingerprint density at radius 3 is 2.62 bits per heavy atom. The number of carbonyl (C=O) groups is 1. The quantitative estimate of drug-likeness (QED) is 0.834. The molecule has 0 saturated heterocycles. The molecule has 0 aliphatic rings. The van der Waals surface area contributed by atoms with Crippen LogP contribution in [0.2, 0.25) is 10.0 Å². The smallest absolute Gasteiger partial charge is 0.257 e. The lowest BCUT2D eigenvalue weighted by atomic mass is 10.1. The lowest BCUT2D eigenvalue weighted by Crippen LogP contribution is -2.15. The minimum atomic E-state index is -0.381. The van der Waals surface area contributed by atoms with Crippen molar-refractivity contribution < 1.29 is 9.53 Å². The first-order chi connectivity index (χ1) is 9.93. The third kappa shape index (κ3) is 3.23. The lowest BCUT2D eigenvalue weighted by Gasteiger charge is -2.12. The van der Waals surface area contributed by atoms with Crippen LogP contribution >= 0.6 is 23.2 Å². The van der Waals surface area contributed by atoms with Crippen molar-refractivity contribution >= 4 is 40.5 Å². The van der Waals surface area contributed by atoms with Gasteiger partial charge in [0.1, 0.15) is 5.75 Å². The second kappa shape index (κ2) is 6.24. The normalized spacial score (nSPS) is 10.3. The molecule has 2 aromatic rings. The first-order valence-electron chi connectivity index (χ1n) is 6.13. The molecule has 0 atom stereocenters. The molecule has 0 fully saturated rings. The van der Waals surface area contributed by atoms with Crippen LogP contribution in [0.15, 0.2) is 30.3 Å². The zero-order valence-electron chi connectivity index (χ0n) is 11.5. The highest BCUT2D eigenvalue weighted by Gasteiger charge is 2.15. The molecule has 21 heavy (non-hydrogen) atoms. The third-order valence-corrected chi connectivity index (χ3v) is 3.75. The van der Waals surface area contributed by atoms with E-state index < -0.39 is 0 Å².